The summed E-state index contributed by atoms with van der Waals surface area (Å²) in [5.74, 6) is -0.0645. The first-order chi connectivity index (χ1) is 11.2. The highest BCUT2D eigenvalue weighted by atomic mass is 32.2. The molecule has 1 unspecified atom stereocenters. The zero-order valence-corrected chi connectivity index (χ0v) is 15.4. The van der Waals surface area contributed by atoms with Crippen molar-refractivity contribution in [3.8, 4) is 0 Å². The topological polar surface area (TPSA) is 87.3 Å². The van der Waals surface area contributed by atoms with Crippen LogP contribution in [0.3, 0.4) is 0 Å². The second-order valence-corrected chi connectivity index (χ2v) is 8.89. The number of hydrogen-bond acceptors (Lipinski definition) is 4. The molecule has 1 amide bonds. The zero-order chi connectivity index (χ0) is 17.8. The SMILES string of the molecule is CC(C)(C)NS(=O)(=O)c1ccccc1CNC(=O)CC1CCCN1. The first kappa shape index (κ1) is 18.9. The first-order valence-electron chi connectivity index (χ1n) is 8.29. The van der Waals surface area contributed by atoms with Crippen LogP contribution in [0.4, 0.5) is 0 Å². The molecule has 0 radical (unpaired) electrons. The Balaban J connectivity index is 2.04. The summed E-state index contributed by atoms with van der Waals surface area (Å²) in [6.07, 6.45) is 2.53. The Morgan fingerprint density at radius 2 is 2.00 bits per heavy atom. The smallest absolute Gasteiger partial charge is 0.241 e. The Morgan fingerprint density at radius 1 is 1.29 bits per heavy atom. The van der Waals surface area contributed by atoms with Gasteiger partial charge in [0.15, 0.2) is 0 Å². The fourth-order valence-electron chi connectivity index (χ4n) is 2.79. The maximum Gasteiger partial charge on any atom is 0.241 e. The van der Waals surface area contributed by atoms with E-state index in [4.69, 9.17) is 0 Å². The first-order valence-corrected chi connectivity index (χ1v) is 9.78. The molecule has 134 valence electrons. The summed E-state index contributed by atoms with van der Waals surface area (Å²) in [6.45, 7) is 6.54. The third-order valence-electron chi connectivity index (χ3n) is 3.77. The molecule has 6 nitrogen and oxygen atoms in total. The lowest BCUT2D eigenvalue weighted by Gasteiger charge is -2.21. The molecule has 1 aromatic rings. The normalized spacial score (nSPS) is 18.5. The monoisotopic (exact) mass is 353 g/mol. The van der Waals surface area contributed by atoms with Gasteiger partial charge < -0.3 is 10.6 Å². The number of amides is 1. The molecule has 0 aromatic heterocycles. The molecule has 7 heteroatoms. The lowest BCUT2D eigenvalue weighted by atomic mass is 10.1. The van der Waals surface area contributed by atoms with Gasteiger partial charge in [0.05, 0.1) is 4.90 Å². The van der Waals surface area contributed by atoms with E-state index in [2.05, 4.69) is 15.4 Å². The third kappa shape index (κ3) is 5.58. The Kier molecular flexibility index (Phi) is 6.01. The molecule has 1 heterocycles. The average molecular weight is 353 g/mol. The fourth-order valence-corrected chi connectivity index (χ4v) is 4.45. The number of sulfonamides is 1. The van der Waals surface area contributed by atoms with Crippen molar-refractivity contribution < 1.29 is 13.2 Å². The molecule has 0 saturated carbocycles. The Morgan fingerprint density at radius 3 is 2.62 bits per heavy atom. The summed E-state index contributed by atoms with van der Waals surface area (Å²) < 4.78 is 27.8. The van der Waals surface area contributed by atoms with E-state index in [1.165, 1.54) is 0 Å². The molecule has 1 atom stereocenters. The van der Waals surface area contributed by atoms with Crippen LogP contribution in [0.25, 0.3) is 0 Å². The minimum Gasteiger partial charge on any atom is -0.352 e. The number of rotatable bonds is 6. The van der Waals surface area contributed by atoms with Gasteiger partial charge in [-0.05, 0) is 51.8 Å². The average Bonchev–Trinajstić information content (AvgIpc) is 2.96. The summed E-state index contributed by atoms with van der Waals surface area (Å²) in [7, 11) is -3.63. The van der Waals surface area contributed by atoms with E-state index in [0.29, 0.717) is 12.0 Å². The molecule has 1 fully saturated rings. The molecular formula is C17H27N3O3S. The lowest BCUT2D eigenvalue weighted by Crippen LogP contribution is -2.41. The Hall–Kier alpha value is -1.44. The maximum atomic E-state index is 12.6. The van der Waals surface area contributed by atoms with Crippen LogP contribution in [0.15, 0.2) is 29.2 Å². The van der Waals surface area contributed by atoms with Crippen molar-refractivity contribution in [2.24, 2.45) is 0 Å². The second kappa shape index (κ2) is 7.63. The largest absolute Gasteiger partial charge is 0.352 e. The van der Waals surface area contributed by atoms with E-state index >= 15 is 0 Å². The molecular weight excluding hydrogens is 326 g/mol. The van der Waals surface area contributed by atoms with Gasteiger partial charge in [-0.15, -0.1) is 0 Å². The lowest BCUT2D eigenvalue weighted by molar-refractivity contribution is -0.121. The number of carbonyl (C=O) groups excluding carboxylic acids is 1. The maximum absolute atomic E-state index is 12.6. The Bertz CT molecular complexity index is 675. The number of benzene rings is 1. The van der Waals surface area contributed by atoms with Crippen molar-refractivity contribution in [2.45, 2.75) is 63.1 Å². The van der Waals surface area contributed by atoms with Crippen molar-refractivity contribution in [2.75, 3.05) is 6.54 Å². The van der Waals surface area contributed by atoms with Gasteiger partial charge in [-0.2, -0.15) is 0 Å². The van der Waals surface area contributed by atoms with E-state index in [0.717, 1.165) is 19.4 Å². The van der Waals surface area contributed by atoms with Crippen LogP contribution in [-0.4, -0.2) is 32.5 Å². The molecule has 1 aromatic carbocycles. The van der Waals surface area contributed by atoms with Crippen LogP contribution in [-0.2, 0) is 21.4 Å². The molecule has 3 N–H and O–H groups in total. The summed E-state index contributed by atoms with van der Waals surface area (Å²) in [4.78, 5) is 12.3. The van der Waals surface area contributed by atoms with Gasteiger partial charge in [0.25, 0.3) is 0 Å². The zero-order valence-electron chi connectivity index (χ0n) is 14.6. The fraction of sp³-hybridized carbons (Fsp3) is 0.588. The van der Waals surface area contributed by atoms with Crippen molar-refractivity contribution in [1.82, 2.24) is 15.4 Å². The molecule has 2 rings (SSSR count). The van der Waals surface area contributed by atoms with E-state index in [9.17, 15) is 13.2 Å². The van der Waals surface area contributed by atoms with E-state index < -0.39 is 15.6 Å². The van der Waals surface area contributed by atoms with Crippen LogP contribution < -0.4 is 15.4 Å². The quantitative estimate of drug-likeness (QED) is 0.724. The van der Waals surface area contributed by atoms with Gasteiger partial charge in [0, 0.05) is 24.5 Å². The van der Waals surface area contributed by atoms with Crippen molar-refractivity contribution >= 4 is 15.9 Å². The van der Waals surface area contributed by atoms with E-state index in [-0.39, 0.29) is 23.4 Å². The summed E-state index contributed by atoms with van der Waals surface area (Å²) in [5, 5.41) is 6.11. The molecule has 1 saturated heterocycles. The van der Waals surface area contributed by atoms with Crippen molar-refractivity contribution in [3.05, 3.63) is 29.8 Å². The van der Waals surface area contributed by atoms with Gasteiger partial charge in [0.1, 0.15) is 0 Å². The summed E-state index contributed by atoms with van der Waals surface area (Å²) >= 11 is 0. The predicted molar refractivity (Wildman–Crippen MR) is 94.0 cm³/mol. The van der Waals surface area contributed by atoms with Gasteiger partial charge in [-0.25, -0.2) is 13.1 Å². The van der Waals surface area contributed by atoms with Crippen LogP contribution in [0.1, 0.15) is 45.6 Å². The molecule has 1 aliphatic heterocycles. The summed E-state index contributed by atoms with van der Waals surface area (Å²) in [6, 6.07) is 6.98. The van der Waals surface area contributed by atoms with Crippen molar-refractivity contribution in [1.29, 1.82) is 0 Å². The highest BCUT2D eigenvalue weighted by Crippen LogP contribution is 2.18. The predicted octanol–water partition coefficient (Wildman–Crippen LogP) is 1.52. The number of nitrogens with one attached hydrogen (secondary N) is 3. The highest BCUT2D eigenvalue weighted by Gasteiger charge is 2.24. The molecule has 0 aliphatic carbocycles. The van der Waals surface area contributed by atoms with Crippen LogP contribution in [0, 0.1) is 0 Å². The van der Waals surface area contributed by atoms with Crippen LogP contribution in [0.5, 0.6) is 0 Å². The van der Waals surface area contributed by atoms with E-state index in [1.807, 2.05) is 0 Å². The van der Waals surface area contributed by atoms with Crippen molar-refractivity contribution in [3.63, 3.8) is 0 Å². The summed E-state index contributed by atoms with van der Waals surface area (Å²) in [5.41, 5.74) is 0.0190. The molecule has 0 spiro atoms. The van der Waals surface area contributed by atoms with Crippen LogP contribution >= 0.6 is 0 Å². The van der Waals surface area contributed by atoms with Gasteiger partial charge in [-0.1, -0.05) is 18.2 Å². The standard InChI is InChI=1S/C17H27N3O3S/c1-17(2,3)20-24(22,23)15-9-5-4-7-13(15)12-19-16(21)11-14-8-6-10-18-14/h4-5,7,9,14,18,20H,6,8,10-12H2,1-3H3,(H,19,21). The number of hydrogen-bond donors (Lipinski definition) is 3. The van der Waals surface area contributed by atoms with Gasteiger partial charge in [0.2, 0.25) is 15.9 Å². The molecule has 1 aliphatic rings. The molecule has 0 bridgehead atoms. The number of carbonyl (C=O) groups is 1. The second-order valence-electron chi connectivity index (χ2n) is 7.24. The molecule has 24 heavy (non-hydrogen) atoms. The minimum absolute atomic E-state index is 0.0645. The Labute approximate surface area is 144 Å². The van der Waals surface area contributed by atoms with Gasteiger partial charge in [-0.3, -0.25) is 4.79 Å². The minimum atomic E-state index is -3.63. The van der Waals surface area contributed by atoms with Gasteiger partial charge >= 0.3 is 0 Å². The van der Waals surface area contributed by atoms with E-state index in [1.54, 1.807) is 45.0 Å². The third-order valence-corrected chi connectivity index (χ3v) is 5.63. The highest BCUT2D eigenvalue weighted by molar-refractivity contribution is 7.89. The van der Waals surface area contributed by atoms with Crippen LogP contribution in [0.2, 0.25) is 0 Å².